The van der Waals surface area contributed by atoms with Crippen molar-refractivity contribution in [3.05, 3.63) is 133 Å². The number of aromatic nitrogens is 2. The fourth-order valence-corrected chi connectivity index (χ4v) is 7.98. The molecule has 5 aromatic rings. The van der Waals surface area contributed by atoms with E-state index in [0.29, 0.717) is 52.1 Å². The molecule has 23 heteroatoms. The Morgan fingerprint density at radius 3 is 2.11 bits per heavy atom. The van der Waals surface area contributed by atoms with Crippen LogP contribution in [0.4, 0.5) is 22.7 Å². The van der Waals surface area contributed by atoms with Crippen molar-refractivity contribution in [2.24, 2.45) is 5.16 Å². The van der Waals surface area contributed by atoms with E-state index in [0.717, 1.165) is 12.1 Å². The highest BCUT2D eigenvalue weighted by atomic mass is 16.7. The molecule has 4 heterocycles. The zero-order valence-corrected chi connectivity index (χ0v) is 31.9. The number of nitro benzene ring substituents is 4. The topological polar surface area (TPSA) is 305 Å². The molecule has 3 aliphatic rings. The van der Waals surface area contributed by atoms with Gasteiger partial charge in [-0.15, -0.1) is 0 Å². The van der Waals surface area contributed by atoms with Crippen LogP contribution in [0, 0.1) is 40.5 Å². The summed E-state index contributed by atoms with van der Waals surface area (Å²) in [6, 6.07) is 9.24. The number of fused-ring (bicyclic) bond motifs is 8. The Kier molecular flexibility index (Phi) is 9.26. The first-order valence-corrected chi connectivity index (χ1v) is 18.1. The van der Waals surface area contributed by atoms with Crippen LogP contribution in [0.3, 0.4) is 0 Å². The Morgan fingerprint density at radius 1 is 0.934 bits per heavy atom. The first-order valence-electron chi connectivity index (χ1n) is 18.1. The summed E-state index contributed by atoms with van der Waals surface area (Å²) in [6.07, 6.45) is -0.241. The third kappa shape index (κ3) is 6.21. The molecule has 0 saturated carbocycles. The second-order valence-electron chi connectivity index (χ2n) is 14.4. The molecule has 2 aliphatic heterocycles. The molecule has 2 aromatic heterocycles. The molecule has 61 heavy (non-hydrogen) atoms. The number of nitrogens with zero attached hydrogens (tertiary/aromatic N) is 8. The van der Waals surface area contributed by atoms with Crippen LogP contribution in [-0.2, 0) is 49.2 Å². The lowest BCUT2D eigenvalue weighted by Crippen LogP contribution is -2.48. The third-order valence-electron chi connectivity index (χ3n) is 10.6. The molecule has 3 aromatic carbocycles. The maximum absolute atomic E-state index is 14.1. The molecule has 0 amide bonds. The summed E-state index contributed by atoms with van der Waals surface area (Å²) in [5.74, 6) is -2.20. The van der Waals surface area contributed by atoms with Gasteiger partial charge in [-0.2, -0.15) is 0 Å². The van der Waals surface area contributed by atoms with Crippen LogP contribution in [0.1, 0.15) is 46.7 Å². The van der Waals surface area contributed by atoms with Gasteiger partial charge in [0.25, 0.3) is 28.3 Å². The molecule has 0 unspecified atom stereocenters. The summed E-state index contributed by atoms with van der Waals surface area (Å²) < 4.78 is 12.6. The fraction of sp³-hybridized carbons (Fsp3) is 0.237. The first kappa shape index (κ1) is 39.6. The largest absolute Gasteiger partial charge is 0.508 e. The third-order valence-corrected chi connectivity index (χ3v) is 10.6. The molecule has 1 aliphatic carbocycles. The van der Waals surface area contributed by atoms with Crippen LogP contribution in [-0.4, -0.2) is 77.6 Å². The summed E-state index contributed by atoms with van der Waals surface area (Å²) in [4.78, 5) is 97.0. The number of oxime groups is 1. The quantitative estimate of drug-likeness (QED) is 0.107. The molecular formula is C38H28N8O15. The van der Waals surface area contributed by atoms with Gasteiger partial charge >= 0.3 is 11.9 Å². The van der Waals surface area contributed by atoms with Gasteiger partial charge in [-0.1, -0.05) is 12.1 Å². The van der Waals surface area contributed by atoms with Crippen LogP contribution in [0.15, 0.2) is 58.5 Å². The minimum absolute atomic E-state index is 0.0213. The van der Waals surface area contributed by atoms with Gasteiger partial charge in [-0.05, 0) is 44.8 Å². The highest BCUT2D eigenvalue weighted by Crippen LogP contribution is 2.50. The van der Waals surface area contributed by atoms with E-state index >= 15 is 0 Å². The molecular weight excluding hydrogens is 808 g/mol. The minimum Gasteiger partial charge on any atom is -0.508 e. The number of pyridine rings is 2. The predicted octanol–water partition coefficient (Wildman–Crippen LogP) is 4.48. The lowest BCUT2D eigenvalue weighted by molar-refractivity contribution is -0.395. The smallest absolute Gasteiger partial charge is 0.355 e. The number of esters is 2. The number of benzene rings is 3. The number of phenolic OH excluding ortho intramolecular Hbond substituents is 1. The van der Waals surface area contributed by atoms with Gasteiger partial charge < -0.3 is 28.9 Å². The second kappa shape index (κ2) is 14.3. The van der Waals surface area contributed by atoms with E-state index < -0.39 is 107 Å². The van der Waals surface area contributed by atoms with Crippen LogP contribution in [0.2, 0.25) is 0 Å². The fourth-order valence-electron chi connectivity index (χ4n) is 7.98. The minimum atomic E-state index is -2.20. The molecule has 0 fully saturated rings. The molecule has 310 valence electrons. The number of ether oxygens (including phenoxy) is 2. The second-order valence-corrected chi connectivity index (χ2v) is 14.4. The van der Waals surface area contributed by atoms with Crippen molar-refractivity contribution in [1.82, 2.24) is 14.5 Å². The van der Waals surface area contributed by atoms with Gasteiger partial charge in [-0.25, -0.2) is 14.6 Å². The summed E-state index contributed by atoms with van der Waals surface area (Å²) >= 11 is 0. The Hall–Kier alpha value is -8.21. The van der Waals surface area contributed by atoms with Gasteiger partial charge in [0.2, 0.25) is 12.2 Å². The number of cyclic esters (lactones) is 1. The maximum Gasteiger partial charge on any atom is 0.355 e. The zero-order valence-electron chi connectivity index (χ0n) is 31.9. The number of non-ortho nitro benzene ring substituents is 2. The van der Waals surface area contributed by atoms with Gasteiger partial charge in [0.05, 0.1) is 72.0 Å². The van der Waals surface area contributed by atoms with Crippen molar-refractivity contribution in [2.45, 2.75) is 38.6 Å². The van der Waals surface area contributed by atoms with Crippen molar-refractivity contribution < 1.29 is 48.7 Å². The number of carbonyl (C=O) groups is 2. The van der Waals surface area contributed by atoms with Crippen molar-refractivity contribution >= 4 is 51.3 Å². The van der Waals surface area contributed by atoms with Gasteiger partial charge in [0.15, 0.2) is 0 Å². The lowest BCUT2D eigenvalue weighted by Gasteiger charge is -2.35. The van der Waals surface area contributed by atoms with E-state index in [4.69, 9.17) is 19.3 Å². The van der Waals surface area contributed by atoms with Crippen LogP contribution < -0.4 is 5.56 Å². The van der Waals surface area contributed by atoms with Crippen molar-refractivity contribution in [2.75, 3.05) is 20.7 Å². The SMILES string of the molecule is CC[C@@]1(OC(=O)CON=C2c3cc([N+](=O)[O-])cc([N+](=O)[O-])c3-c3c2cc([N+](=O)[O-])cc3[N+](=O)[O-])C(=O)OCc2c1cc1n(c2=O)Cc2cc3c(CN(C)C)c(O)ccc3nc2-1. The molecule has 0 saturated heterocycles. The molecule has 8 rings (SSSR count). The Labute approximate surface area is 339 Å². The maximum atomic E-state index is 14.1. The van der Waals surface area contributed by atoms with E-state index in [1.165, 1.54) is 23.6 Å². The van der Waals surface area contributed by atoms with Gasteiger partial charge in [0.1, 0.15) is 18.1 Å². The summed E-state index contributed by atoms with van der Waals surface area (Å²) in [6.45, 7) is 0.443. The van der Waals surface area contributed by atoms with Crippen LogP contribution in [0.25, 0.3) is 33.4 Å². The molecule has 1 atom stereocenters. The van der Waals surface area contributed by atoms with E-state index in [2.05, 4.69) is 5.16 Å². The van der Waals surface area contributed by atoms with Crippen molar-refractivity contribution in [1.29, 1.82) is 0 Å². The Morgan fingerprint density at radius 2 is 1.56 bits per heavy atom. The highest BCUT2D eigenvalue weighted by Gasteiger charge is 2.51. The van der Waals surface area contributed by atoms with Gasteiger partial charge in [0, 0.05) is 51.9 Å². The number of hydrogen-bond donors (Lipinski definition) is 1. The van der Waals surface area contributed by atoms with Gasteiger partial charge in [-0.3, -0.25) is 45.3 Å². The summed E-state index contributed by atoms with van der Waals surface area (Å²) in [7, 11) is 3.69. The normalized spacial score (nSPS) is 15.6. The highest BCUT2D eigenvalue weighted by molar-refractivity contribution is 6.27. The van der Waals surface area contributed by atoms with Crippen molar-refractivity contribution in [3.63, 3.8) is 0 Å². The van der Waals surface area contributed by atoms with E-state index in [1.807, 2.05) is 25.1 Å². The number of carbonyl (C=O) groups excluding carboxylic acids is 2. The summed E-state index contributed by atoms with van der Waals surface area (Å²) in [5, 5.41) is 62.9. The van der Waals surface area contributed by atoms with E-state index in [9.17, 15) is 59.9 Å². The average molecular weight is 837 g/mol. The van der Waals surface area contributed by atoms with Crippen LogP contribution in [0.5, 0.6) is 5.75 Å². The summed E-state index contributed by atoms with van der Waals surface area (Å²) in [5.41, 5.74) is -6.18. The molecule has 0 radical (unpaired) electrons. The predicted molar refractivity (Wildman–Crippen MR) is 208 cm³/mol. The molecule has 0 bridgehead atoms. The monoisotopic (exact) mass is 836 g/mol. The molecule has 23 nitrogen and oxygen atoms in total. The number of hydrogen-bond acceptors (Lipinski definition) is 18. The van der Waals surface area contributed by atoms with Crippen molar-refractivity contribution in [3.8, 4) is 28.3 Å². The number of aromatic hydroxyl groups is 1. The first-order chi connectivity index (χ1) is 28.9. The Balaban J connectivity index is 1.17. The molecule has 1 N–H and O–H groups in total. The standard InChI is InChI=1S/C38H28N8O15/c1-4-38(25-12-29-34-17(13-42(29)36(49)24(25)15-59-37(38)50)7-20-23(14-41(2)3)30(47)6-5-26(20)39-34)61-31(48)16-60-40-35-21-8-18(43(51)52)10-27(45(55)56)32(21)33-22(35)9-19(44(53)54)11-28(33)46(57)58/h5-12,47H,4,13-16H2,1-3H3/t38-/m0/s1. The zero-order chi connectivity index (χ0) is 43.8. The Bertz CT molecular complexity index is 2890. The number of rotatable bonds is 11. The van der Waals surface area contributed by atoms with Crippen LogP contribution >= 0.6 is 0 Å². The number of phenols is 1. The van der Waals surface area contributed by atoms with E-state index in [1.54, 1.807) is 6.07 Å². The van der Waals surface area contributed by atoms with E-state index in [-0.39, 0.29) is 29.8 Å². The lowest BCUT2D eigenvalue weighted by atomic mass is 9.85. The molecule has 0 spiro atoms. The number of nitro groups is 4. The average Bonchev–Trinajstić information content (AvgIpc) is 3.73.